The maximum Gasteiger partial charge on any atom is 0.410 e. The lowest BCUT2D eigenvalue weighted by Crippen LogP contribution is -2.37. The average Bonchev–Trinajstić information content (AvgIpc) is 2.83. The van der Waals surface area contributed by atoms with Crippen LogP contribution in [0.25, 0.3) is 0 Å². The summed E-state index contributed by atoms with van der Waals surface area (Å²) in [5.74, 6) is -1.43. The van der Waals surface area contributed by atoms with Crippen LogP contribution >= 0.6 is 0 Å². The maximum absolute atomic E-state index is 12.3. The lowest BCUT2D eigenvalue weighted by molar-refractivity contribution is -0.141. The normalized spacial score (nSPS) is 22.1. The Morgan fingerprint density at radius 3 is 2.38 bits per heavy atom. The minimum absolute atomic E-state index is 0.184. The van der Waals surface area contributed by atoms with Crippen LogP contribution in [0, 0.1) is 5.92 Å². The smallest absolute Gasteiger partial charge is 0.410 e. The molecule has 0 spiro atoms. The van der Waals surface area contributed by atoms with E-state index in [0.29, 0.717) is 6.42 Å². The van der Waals surface area contributed by atoms with Gasteiger partial charge >= 0.3 is 12.1 Å². The zero-order valence-electron chi connectivity index (χ0n) is 12.6. The first-order valence-electron chi connectivity index (χ1n) is 7.05. The Bertz CT molecular complexity index is 521. The van der Waals surface area contributed by atoms with Crippen LogP contribution in [0.1, 0.15) is 38.8 Å². The van der Waals surface area contributed by atoms with E-state index in [9.17, 15) is 14.7 Å². The van der Waals surface area contributed by atoms with Crippen molar-refractivity contribution in [1.82, 2.24) is 4.90 Å². The first-order valence-corrected chi connectivity index (χ1v) is 7.05. The summed E-state index contributed by atoms with van der Waals surface area (Å²) in [7, 11) is 0. The molecule has 0 aliphatic carbocycles. The summed E-state index contributed by atoms with van der Waals surface area (Å²) < 4.78 is 5.40. The van der Waals surface area contributed by atoms with Crippen LogP contribution < -0.4 is 0 Å². The molecule has 2 rings (SSSR count). The van der Waals surface area contributed by atoms with Crippen molar-refractivity contribution in [2.24, 2.45) is 5.92 Å². The van der Waals surface area contributed by atoms with Crippen LogP contribution in [0.3, 0.4) is 0 Å². The molecule has 0 bridgehead atoms. The Morgan fingerprint density at radius 2 is 1.86 bits per heavy atom. The van der Waals surface area contributed by atoms with E-state index < -0.39 is 23.6 Å². The van der Waals surface area contributed by atoms with Gasteiger partial charge in [-0.3, -0.25) is 4.79 Å². The quantitative estimate of drug-likeness (QED) is 0.909. The van der Waals surface area contributed by atoms with E-state index in [1.165, 1.54) is 4.90 Å². The molecule has 0 aromatic heterocycles. The first kappa shape index (κ1) is 15.4. The van der Waals surface area contributed by atoms with Gasteiger partial charge in [0, 0.05) is 6.54 Å². The lowest BCUT2D eigenvalue weighted by atomic mass is 10.00. The number of hydrogen-bond donors (Lipinski definition) is 1. The Labute approximate surface area is 124 Å². The van der Waals surface area contributed by atoms with E-state index in [0.717, 1.165) is 5.56 Å². The van der Waals surface area contributed by atoms with Crippen LogP contribution in [0.4, 0.5) is 4.79 Å². The lowest BCUT2D eigenvalue weighted by Gasteiger charge is -2.28. The first-order chi connectivity index (χ1) is 9.78. The summed E-state index contributed by atoms with van der Waals surface area (Å²) in [5.41, 5.74) is 0.340. The topological polar surface area (TPSA) is 66.8 Å². The van der Waals surface area contributed by atoms with E-state index in [-0.39, 0.29) is 12.6 Å². The predicted octanol–water partition coefficient (Wildman–Crippen LogP) is 3.07. The third-order valence-electron chi connectivity index (χ3n) is 3.46. The van der Waals surface area contributed by atoms with Crippen LogP contribution in [0.2, 0.25) is 0 Å². The van der Waals surface area contributed by atoms with E-state index in [1.807, 2.05) is 30.3 Å². The van der Waals surface area contributed by atoms with Gasteiger partial charge in [0.05, 0.1) is 12.0 Å². The number of carbonyl (C=O) groups excluding carboxylic acids is 1. The number of hydrogen-bond acceptors (Lipinski definition) is 3. The molecule has 1 N–H and O–H groups in total. The van der Waals surface area contributed by atoms with E-state index in [1.54, 1.807) is 20.8 Å². The Morgan fingerprint density at radius 1 is 1.24 bits per heavy atom. The number of rotatable bonds is 2. The van der Waals surface area contributed by atoms with E-state index in [4.69, 9.17) is 4.74 Å². The third-order valence-corrected chi connectivity index (χ3v) is 3.46. The van der Waals surface area contributed by atoms with Crippen molar-refractivity contribution in [3.63, 3.8) is 0 Å². The van der Waals surface area contributed by atoms with Gasteiger partial charge in [0.2, 0.25) is 0 Å². The second-order valence-electron chi connectivity index (χ2n) is 6.33. The molecule has 114 valence electrons. The maximum atomic E-state index is 12.3. The SMILES string of the molecule is CC(C)(C)OC(=O)N1CC(C(=O)O)CC1c1ccccc1. The Kier molecular flexibility index (Phi) is 4.21. The van der Waals surface area contributed by atoms with Crippen LogP contribution in [0.15, 0.2) is 30.3 Å². The van der Waals surface area contributed by atoms with Gasteiger partial charge in [0.25, 0.3) is 0 Å². The Balaban J connectivity index is 2.23. The molecule has 1 aliphatic rings. The largest absolute Gasteiger partial charge is 0.481 e. The van der Waals surface area contributed by atoms with Gasteiger partial charge in [-0.05, 0) is 32.8 Å². The molecule has 1 heterocycles. The highest BCUT2D eigenvalue weighted by molar-refractivity contribution is 5.75. The van der Waals surface area contributed by atoms with Crippen molar-refractivity contribution in [3.05, 3.63) is 35.9 Å². The number of ether oxygens (including phenoxy) is 1. The summed E-state index contributed by atoms with van der Waals surface area (Å²) >= 11 is 0. The number of carboxylic acid groups (broad SMARTS) is 1. The monoisotopic (exact) mass is 291 g/mol. The summed E-state index contributed by atoms with van der Waals surface area (Å²) in [6.45, 7) is 5.58. The fraction of sp³-hybridized carbons (Fsp3) is 0.500. The molecule has 1 aromatic rings. The highest BCUT2D eigenvalue weighted by atomic mass is 16.6. The fourth-order valence-corrected chi connectivity index (χ4v) is 2.53. The minimum atomic E-state index is -0.873. The average molecular weight is 291 g/mol. The zero-order valence-corrected chi connectivity index (χ0v) is 12.6. The fourth-order valence-electron chi connectivity index (χ4n) is 2.53. The van der Waals surface area contributed by atoms with E-state index >= 15 is 0 Å². The summed E-state index contributed by atoms with van der Waals surface area (Å²) in [6, 6.07) is 9.24. The Hall–Kier alpha value is -2.04. The summed E-state index contributed by atoms with van der Waals surface area (Å²) in [6.07, 6.45) is -0.0430. The van der Waals surface area contributed by atoms with Gasteiger partial charge in [-0.15, -0.1) is 0 Å². The van der Waals surface area contributed by atoms with Gasteiger partial charge in [0.1, 0.15) is 5.60 Å². The highest BCUT2D eigenvalue weighted by Crippen LogP contribution is 2.36. The van der Waals surface area contributed by atoms with Crippen molar-refractivity contribution in [2.45, 2.75) is 38.8 Å². The van der Waals surface area contributed by atoms with Crippen molar-refractivity contribution in [2.75, 3.05) is 6.54 Å². The van der Waals surface area contributed by atoms with Crippen molar-refractivity contribution in [1.29, 1.82) is 0 Å². The van der Waals surface area contributed by atoms with Crippen molar-refractivity contribution >= 4 is 12.1 Å². The number of amides is 1. The van der Waals surface area contributed by atoms with E-state index in [2.05, 4.69) is 0 Å². The molecule has 5 heteroatoms. The standard InChI is InChI=1S/C16H21NO4/c1-16(2,3)21-15(20)17-10-12(14(18)19)9-13(17)11-7-5-4-6-8-11/h4-8,12-13H,9-10H2,1-3H3,(H,18,19). The van der Waals surface area contributed by atoms with Gasteiger partial charge in [0.15, 0.2) is 0 Å². The molecule has 1 fully saturated rings. The van der Waals surface area contributed by atoms with Crippen molar-refractivity contribution in [3.8, 4) is 0 Å². The molecule has 0 radical (unpaired) electrons. The predicted molar refractivity (Wildman–Crippen MR) is 77.9 cm³/mol. The molecule has 1 aliphatic heterocycles. The van der Waals surface area contributed by atoms with Gasteiger partial charge in [-0.25, -0.2) is 4.79 Å². The minimum Gasteiger partial charge on any atom is -0.481 e. The van der Waals surface area contributed by atoms with Crippen LogP contribution in [-0.4, -0.2) is 34.2 Å². The molecule has 0 saturated carbocycles. The molecule has 1 saturated heterocycles. The van der Waals surface area contributed by atoms with Crippen LogP contribution in [-0.2, 0) is 9.53 Å². The molecule has 21 heavy (non-hydrogen) atoms. The number of nitrogens with zero attached hydrogens (tertiary/aromatic N) is 1. The number of carboxylic acids is 1. The molecule has 1 amide bonds. The molecule has 2 unspecified atom stereocenters. The van der Waals surface area contributed by atoms with Crippen molar-refractivity contribution < 1.29 is 19.4 Å². The van der Waals surface area contributed by atoms with Gasteiger partial charge < -0.3 is 14.7 Å². The van der Waals surface area contributed by atoms with Gasteiger partial charge in [-0.1, -0.05) is 30.3 Å². The third kappa shape index (κ3) is 3.74. The number of benzene rings is 1. The second-order valence-corrected chi connectivity index (χ2v) is 6.33. The van der Waals surface area contributed by atoms with Crippen LogP contribution in [0.5, 0.6) is 0 Å². The molecule has 1 aromatic carbocycles. The zero-order chi connectivity index (χ0) is 15.6. The molecule has 5 nitrogen and oxygen atoms in total. The molecular formula is C16H21NO4. The van der Waals surface area contributed by atoms with Gasteiger partial charge in [-0.2, -0.15) is 0 Å². The highest BCUT2D eigenvalue weighted by Gasteiger charge is 2.41. The molecule has 2 atom stereocenters. The summed E-state index contributed by atoms with van der Waals surface area (Å²) in [4.78, 5) is 25.1. The summed E-state index contributed by atoms with van der Waals surface area (Å²) in [5, 5.41) is 9.23. The molecular weight excluding hydrogens is 270 g/mol. The number of aliphatic carboxylic acids is 1. The number of likely N-dealkylation sites (tertiary alicyclic amines) is 1. The second kappa shape index (κ2) is 5.76. The number of carbonyl (C=O) groups is 2.